The largest absolute Gasteiger partial charge is 0.494 e. The smallest absolute Gasteiger partial charge is 0.273 e. The molecule has 27 heavy (non-hydrogen) atoms. The quantitative estimate of drug-likeness (QED) is 0.284. The Kier molecular flexibility index (Phi) is 7.59. The zero-order chi connectivity index (χ0) is 19.8. The SMILES string of the molecule is CCCCCn1cnnc1S[C@@H](C)C(=O)Nc1ccc([N+](=O)[O-])cc1OC. The fraction of sp³-hybridized carbons (Fsp3) is 0.471. The van der Waals surface area contributed by atoms with Crippen LogP contribution in [0.2, 0.25) is 0 Å². The van der Waals surface area contributed by atoms with Gasteiger partial charge < -0.3 is 14.6 Å². The Balaban J connectivity index is 2.02. The summed E-state index contributed by atoms with van der Waals surface area (Å²) in [7, 11) is 1.39. The van der Waals surface area contributed by atoms with E-state index >= 15 is 0 Å². The van der Waals surface area contributed by atoms with E-state index in [4.69, 9.17) is 4.74 Å². The van der Waals surface area contributed by atoms with Crippen LogP contribution in [0.3, 0.4) is 0 Å². The molecule has 0 radical (unpaired) electrons. The van der Waals surface area contributed by atoms with Crippen molar-refractivity contribution in [3.05, 3.63) is 34.6 Å². The van der Waals surface area contributed by atoms with Crippen LogP contribution in [0.15, 0.2) is 29.7 Å². The number of ether oxygens (including phenoxy) is 1. The minimum Gasteiger partial charge on any atom is -0.494 e. The summed E-state index contributed by atoms with van der Waals surface area (Å²) in [6.07, 6.45) is 4.95. The minimum absolute atomic E-state index is 0.104. The molecule has 0 aliphatic heterocycles. The van der Waals surface area contributed by atoms with Gasteiger partial charge in [-0.1, -0.05) is 31.5 Å². The number of rotatable bonds is 10. The molecule has 1 heterocycles. The predicted octanol–water partition coefficient (Wildman–Crippen LogP) is 3.50. The van der Waals surface area contributed by atoms with Gasteiger partial charge in [-0.3, -0.25) is 14.9 Å². The number of methoxy groups -OCH3 is 1. The monoisotopic (exact) mass is 393 g/mol. The van der Waals surface area contributed by atoms with E-state index in [1.165, 1.54) is 37.1 Å². The second-order valence-electron chi connectivity index (χ2n) is 5.91. The molecule has 0 fully saturated rings. The van der Waals surface area contributed by atoms with Crippen molar-refractivity contribution in [2.24, 2.45) is 0 Å². The summed E-state index contributed by atoms with van der Waals surface area (Å²) in [5.74, 6) is -0.0206. The number of benzene rings is 1. The topological polar surface area (TPSA) is 112 Å². The third-order valence-corrected chi connectivity index (χ3v) is 4.98. The van der Waals surface area contributed by atoms with Gasteiger partial charge in [0.05, 0.1) is 29.0 Å². The van der Waals surface area contributed by atoms with Gasteiger partial charge in [0.1, 0.15) is 12.1 Å². The van der Waals surface area contributed by atoms with E-state index in [2.05, 4.69) is 22.4 Å². The molecule has 9 nitrogen and oxygen atoms in total. The van der Waals surface area contributed by atoms with Crippen molar-refractivity contribution in [1.29, 1.82) is 0 Å². The molecular weight excluding hydrogens is 370 g/mol. The standard InChI is InChI=1S/C17H23N5O4S/c1-4-5-6-9-21-11-18-20-17(21)27-12(2)16(23)19-14-8-7-13(22(24)25)10-15(14)26-3/h7-8,10-12H,4-6,9H2,1-3H3,(H,19,23)/t12-/m0/s1. The maximum Gasteiger partial charge on any atom is 0.273 e. The maximum absolute atomic E-state index is 12.5. The highest BCUT2D eigenvalue weighted by Gasteiger charge is 2.20. The Morgan fingerprint density at radius 1 is 1.44 bits per heavy atom. The second kappa shape index (κ2) is 9.91. The van der Waals surface area contributed by atoms with Crippen LogP contribution in [0.25, 0.3) is 0 Å². The molecule has 2 aromatic rings. The lowest BCUT2D eigenvalue weighted by Gasteiger charge is -2.14. The Labute approximate surface area is 161 Å². The molecule has 1 aromatic heterocycles. The Bertz CT molecular complexity index is 795. The van der Waals surface area contributed by atoms with Crippen LogP contribution >= 0.6 is 11.8 Å². The van der Waals surface area contributed by atoms with Gasteiger partial charge >= 0.3 is 0 Å². The van der Waals surface area contributed by atoms with Crippen LogP contribution in [-0.4, -0.2) is 38.0 Å². The number of non-ortho nitro benzene ring substituents is 1. The fourth-order valence-corrected chi connectivity index (χ4v) is 3.21. The lowest BCUT2D eigenvalue weighted by molar-refractivity contribution is -0.384. The molecule has 0 spiro atoms. The number of thioether (sulfide) groups is 1. The van der Waals surface area contributed by atoms with Crippen LogP contribution in [0.4, 0.5) is 11.4 Å². The summed E-state index contributed by atoms with van der Waals surface area (Å²) in [6, 6.07) is 4.05. The van der Waals surface area contributed by atoms with Gasteiger partial charge in [0.25, 0.3) is 5.69 Å². The summed E-state index contributed by atoms with van der Waals surface area (Å²) < 4.78 is 7.09. The number of aromatic nitrogens is 3. The lowest BCUT2D eigenvalue weighted by Crippen LogP contribution is -2.23. The molecule has 0 saturated heterocycles. The predicted molar refractivity (Wildman–Crippen MR) is 103 cm³/mol. The number of hydrogen-bond acceptors (Lipinski definition) is 7. The zero-order valence-electron chi connectivity index (χ0n) is 15.5. The van der Waals surface area contributed by atoms with Crippen molar-refractivity contribution in [1.82, 2.24) is 14.8 Å². The van der Waals surface area contributed by atoms with Gasteiger partial charge in [-0.25, -0.2) is 0 Å². The number of hydrogen-bond donors (Lipinski definition) is 1. The van der Waals surface area contributed by atoms with Crippen molar-refractivity contribution < 1.29 is 14.5 Å². The first-order chi connectivity index (χ1) is 13.0. The molecule has 0 saturated carbocycles. The average Bonchev–Trinajstić information content (AvgIpc) is 3.09. The molecule has 1 aromatic carbocycles. The normalized spacial score (nSPS) is 11.8. The highest BCUT2D eigenvalue weighted by atomic mass is 32.2. The number of nitrogens with one attached hydrogen (secondary N) is 1. The van der Waals surface area contributed by atoms with Gasteiger partial charge in [-0.2, -0.15) is 0 Å². The van der Waals surface area contributed by atoms with Crippen LogP contribution < -0.4 is 10.1 Å². The van der Waals surface area contributed by atoms with Crippen molar-refractivity contribution in [2.75, 3.05) is 12.4 Å². The van der Waals surface area contributed by atoms with Crippen LogP contribution in [0.5, 0.6) is 5.75 Å². The van der Waals surface area contributed by atoms with Crippen LogP contribution in [0, 0.1) is 10.1 Å². The molecule has 2 rings (SSSR count). The Morgan fingerprint density at radius 3 is 2.89 bits per heavy atom. The summed E-state index contributed by atoms with van der Waals surface area (Å²) in [6.45, 7) is 4.72. The average molecular weight is 393 g/mol. The maximum atomic E-state index is 12.5. The first-order valence-corrected chi connectivity index (χ1v) is 9.52. The van der Waals surface area contributed by atoms with E-state index in [-0.39, 0.29) is 17.3 Å². The van der Waals surface area contributed by atoms with Gasteiger partial charge in [0, 0.05) is 12.6 Å². The molecule has 1 amide bonds. The lowest BCUT2D eigenvalue weighted by atomic mass is 10.2. The number of nitro groups is 1. The Hall–Kier alpha value is -2.62. The van der Waals surface area contributed by atoms with Crippen molar-refractivity contribution >= 4 is 29.0 Å². The van der Waals surface area contributed by atoms with Crippen LogP contribution in [-0.2, 0) is 11.3 Å². The summed E-state index contributed by atoms with van der Waals surface area (Å²) in [4.78, 5) is 22.9. The highest BCUT2D eigenvalue weighted by Crippen LogP contribution is 2.30. The third kappa shape index (κ3) is 5.68. The van der Waals surface area contributed by atoms with Gasteiger partial charge in [0.2, 0.25) is 5.91 Å². The van der Waals surface area contributed by atoms with E-state index in [1.807, 2.05) is 4.57 Å². The van der Waals surface area contributed by atoms with Crippen molar-refractivity contribution in [3.8, 4) is 5.75 Å². The second-order valence-corrected chi connectivity index (χ2v) is 7.21. The highest BCUT2D eigenvalue weighted by molar-refractivity contribution is 8.00. The summed E-state index contributed by atoms with van der Waals surface area (Å²) in [5, 5.41) is 21.9. The molecule has 1 atom stereocenters. The van der Waals surface area contributed by atoms with E-state index in [0.717, 1.165) is 25.8 Å². The van der Waals surface area contributed by atoms with Crippen molar-refractivity contribution in [2.45, 2.75) is 50.1 Å². The number of nitrogens with zero attached hydrogens (tertiary/aromatic N) is 4. The number of carbonyl (C=O) groups excluding carboxylic acids is 1. The Morgan fingerprint density at radius 2 is 2.22 bits per heavy atom. The minimum atomic E-state index is -0.516. The van der Waals surface area contributed by atoms with E-state index in [0.29, 0.717) is 10.8 Å². The van der Waals surface area contributed by atoms with E-state index < -0.39 is 10.2 Å². The summed E-state index contributed by atoms with van der Waals surface area (Å²) in [5.41, 5.74) is 0.275. The molecule has 0 unspecified atom stereocenters. The number of anilines is 1. The molecule has 0 aliphatic rings. The van der Waals surface area contributed by atoms with Crippen LogP contribution in [0.1, 0.15) is 33.1 Å². The number of carbonyl (C=O) groups is 1. The van der Waals surface area contributed by atoms with Crippen molar-refractivity contribution in [3.63, 3.8) is 0 Å². The summed E-state index contributed by atoms with van der Waals surface area (Å²) >= 11 is 1.31. The molecule has 1 N–H and O–H groups in total. The molecular formula is C17H23N5O4S. The molecule has 0 aliphatic carbocycles. The fourth-order valence-electron chi connectivity index (χ4n) is 2.36. The first kappa shape index (κ1) is 20.7. The molecule has 0 bridgehead atoms. The van der Waals surface area contributed by atoms with E-state index in [1.54, 1.807) is 13.3 Å². The van der Waals surface area contributed by atoms with Gasteiger partial charge in [-0.05, 0) is 19.4 Å². The van der Waals surface area contributed by atoms with Gasteiger partial charge in [0.15, 0.2) is 5.16 Å². The van der Waals surface area contributed by atoms with E-state index in [9.17, 15) is 14.9 Å². The molecule has 10 heteroatoms. The third-order valence-electron chi connectivity index (χ3n) is 3.89. The molecule has 146 valence electrons. The number of amides is 1. The number of aryl methyl sites for hydroxylation is 1. The number of unbranched alkanes of at least 4 members (excludes halogenated alkanes) is 2. The first-order valence-electron chi connectivity index (χ1n) is 8.64. The van der Waals surface area contributed by atoms with Gasteiger partial charge in [-0.15, -0.1) is 10.2 Å². The number of nitro benzene ring substituents is 1. The zero-order valence-corrected chi connectivity index (χ0v) is 16.4.